The van der Waals surface area contributed by atoms with Gasteiger partial charge in [0.2, 0.25) is 0 Å². The van der Waals surface area contributed by atoms with E-state index in [-0.39, 0.29) is 5.82 Å². The van der Waals surface area contributed by atoms with Crippen molar-refractivity contribution in [3.05, 3.63) is 35.1 Å². The summed E-state index contributed by atoms with van der Waals surface area (Å²) >= 11 is 1.91. The van der Waals surface area contributed by atoms with Crippen molar-refractivity contribution in [1.82, 2.24) is 5.32 Å². The van der Waals surface area contributed by atoms with Gasteiger partial charge in [0.1, 0.15) is 5.82 Å². The molecule has 0 aliphatic carbocycles. The van der Waals surface area contributed by atoms with Crippen LogP contribution in [0.15, 0.2) is 18.2 Å². The van der Waals surface area contributed by atoms with E-state index in [2.05, 4.69) is 5.32 Å². The third-order valence-corrected chi connectivity index (χ3v) is 4.01. The van der Waals surface area contributed by atoms with Crippen molar-refractivity contribution in [3.8, 4) is 0 Å². The Morgan fingerprint density at radius 1 is 1.47 bits per heavy atom. The summed E-state index contributed by atoms with van der Waals surface area (Å²) in [5.74, 6) is 2.81. The second kappa shape index (κ2) is 4.99. The highest BCUT2D eigenvalue weighted by atomic mass is 32.2. The lowest BCUT2D eigenvalue weighted by Crippen LogP contribution is -2.43. The second-order valence-electron chi connectivity index (χ2n) is 4.11. The van der Waals surface area contributed by atoms with Crippen molar-refractivity contribution in [2.75, 3.05) is 18.8 Å². The Morgan fingerprint density at radius 2 is 2.27 bits per heavy atom. The molecular formula is C12H16FNS. The predicted molar refractivity (Wildman–Crippen MR) is 63.7 cm³/mol. The lowest BCUT2D eigenvalue weighted by molar-refractivity contribution is 0.385. The standard InChI is InChI=1S/C12H16FNS/c1-9-2-3-12(13)4-11(9)8-15-7-10-5-14-6-10/h2-4,10,14H,5-8H2,1H3. The minimum absolute atomic E-state index is 0.124. The van der Waals surface area contributed by atoms with Crippen molar-refractivity contribution in [3.63, 3.8) is 0 Å². The van der Waals surface area contributed by atoms with Crippen molar-refractivity contribution >= 4 is 11.8 Å². The first kappa shape index (κ1) is 11.0. The van der Waals surface area contributed by atoms with Crippen LogP contribution in [-0.4, -0.2) is 18.8 Å². The Morgan fingerprint density at radius 3 is 2.93 bits per heavy atom. The average Bonchev–Trinajstić information content (AvgIpc) is 2.15. The number of benzene rings is 1. The van der Waals surface area contributed by atoms with Gasteiger partial charge in [0.15, 0.2) is 0 Å². The molecule has 3 heteroatoms. The maximum atomic E-state index is 13.0. The summed E-state index contributed by atoms with van der Waals surface area (Å²) in [6.07, 6.45) is 0. The Balaban J connectivity index is 1.83. The summed E-state index contributed by atoms with van der Waals surface area (Å²) in [5.41, 5.74) is 2.32. The average molecular weight is 225 g/mol. The SMILES string of the molecule is Cc1ccc(F)cc1CSCC1CNC1. The van der Waals surface area contributed by atoms with Gasteiger partial charge in [-0.2, -0.15) is 11.8 Å². The Kier molecular flexibility index (Phi) is 3.65. The van der Waals surface area contributed by atoms with Crippen LogP contribution in [-0.2, 0) is 5.75 Å². The van der Waals surface area contributed by atoms with Gasteiger partial charge in [-0.05, 0) is 54.9 Å². The summed E-state index contributed by atoms with van der Waals surface area (Å²) in [5, 5.41) is 3.26. The normalized spacial score (nSPS) is 16.4. The minimum atomic E-state index is -0.124. The molecular weight excluding hydrogens is 209 g/mol. The monoisotopic (exact) mass is 225 g/mol. The van der Waals surface area contributed by atoms with Crippen LogP contribution in [0.3, 0.4) is 0 Å². The Bertz CT molecular complexity index is 336. The molecule has 1 aromatic rings. The molecule has 1 heterocycles. The number of nitrogens with one attached hydrogen (secondary N) is 1. The summed E-state index contributed by atoms with van der Waals surface area (Å²) in [4.78, 5) is 0. The number of rotatable bonds is 4. The molecule has 1 aromatic carbocycles. The zero-order valence-electron chi connectivity index (χ0n) is 8.92. The van der Waals surface area contributed by atoms with Crippen LogP contribution in [0.5, 0.6) is 0 Å². The molecule has 1 saturated heterocycles. The van der Waals surface area contributed by atoms with Crippen LogP contribution in [0.4, 0.5) is 4.39 Å². The Hall–Kier alpha value is -0.540. The Labute approximate surface area is 94.5 Å². The summed E-state index contributed by atoms with van der Waals surface area (Å²) in [7, 11) is 0. The molecule has 1 aliphatic rings. The predicted octanol–water partition coefficient (Wildman–Crippen LogP) is 2.59. The van der Waals surface area contributed by atoms with Gasteiger partial charge < -0.3 is 5.32 Å². The fourth-order valence-electron chi connectivity index (χ4n) is 1.60. The molecule has 0 unspecified atom stereocenters. The molecule has 0 bridgehead atoms. The smallest absolute Gasteiger partial charge is 0.123 e. The zero-order valence-corrected chi connectivity index (χ0v) is 9.74. The third kappa shape index (κ3) is 2.95. The molecule has 0 radical (unpaired) electrons. The maximum Gasteiger partial charge on any atom is 0.123 e. The van der Waals surface area contributed by atoms with E-state index in [1.165, 1.54) is 17.4 Å². The van der Waals surface area contributed by atoms with E-state index in [9.17, 15) is 4.39 Å². The quantitative estimate of drug-likeness (QED) is 0.845. The van der Waals surface area contributed by atoms with E-state index >= 15 is 0 Å². The van der Waals surface area contributed by atoms with Crippen molar-refractivity contribution in [1.29, 1.82) is 0 Å². The molecule has 2 rings (SSSR count). The highest BCUT2D eigenvalue weighted by molar-refractivity contribution is 7.98. The minimum Gasteiger partial charge on any atom is -0.316 e. The van der Waals surface area contributed by atoms with Crippen LogP contribution in [0, 0.1) is 18.7 Å². The second-order valence-corrected chi connectivity index (χ2v) is 5.14. The molecule has 1 N–H and O–H groups in total. The first-order valence-corrected chi connectivity index (χ1v) is 6.44. The van der Waals surface area contributed by atoms with Gasteiger partial charge in [-0.25, -0.2) is 4.39 Å². The van der Waals surface area contributed by atoms with E-state index in [1.54, 1.807) is 6.07 Å². The van der Waals surface area contributed by atoms with E-state index in [0.29, 0.717) is 0 Å². The van der Waals surface area contributed by atoms with Gasteiger partial charge >= 0.3 is 0 Å². The van der Waals surface area contributed by atoms with Crippen molar-refractivity contribution in [2.24, 2.45) is 5.92 Å². The van der Waals surface area contributed by atoms with Gasteiger partial charge in [-0.15, -0.1) is 0 Å². The topological polar surface area (TPSA) is 12.0 Å². The van der Waals surface area contributed by atoms with Crippen LogP contribution in [0.2, 0.25) is 0 Å². The number of aryl methyl sites for hydroxylation is 1. The van der Waals surface area contributed by atoms with E-state index in [0.717, 1.165) is 30.3 Å². The van der Waals surface area contributed by atoms with Gasteiger partial charge in [-0.3, -0.25) is 0 Å². The summed E-state index contributed by atoms with van der Waals surface area (Å²) < 4.78 is 13.0. The molecule has 0 saturated carbocycles. The first-order chi connectivity index (χ1) is 7.25. The highest BCUT2D eigenvalue weighted by Gasteiger charge is 2.16. The zero-order chi connectivity index (χ0) is 10.7. The van der Waals surface area contributed by atoms with Crippen LogP contribution < -0.4 is 5.32 Å². The van der Waals surface area contributed by atoms with Gasteiger partial charge in [-0.1, -0.05) is 6.07 Å². The first-order valence-electron chi connectivity index (χ1n) is 5.29. The van der Waals surface area contributed by atoms with E-state index < -0.39 is 0 Å². The summed E-state index contributed by atoms with van der Waals surface area (Å²) in [6.45, 7) is 4.34. The maximum absolute atomic E-state index is 13.0. The molecule has 0 atom stereocenters. The highest BCUT2D eigenvalue weighted by Crippen LogP contribution is 2.20. The molecule has 82 valence electrons. The largest absolute Gasteiger partial charge is 0.316 e. The third-order valence-electron chi connectivity index (χ3n) is 2.79. The van der Waals surface area contributed by atoms with Gasteiger partial charge in [0.05, 0.1) is 0 Å². The van der Waals surface area contributed by atoms with E-state index in [4.69, 9.17) is 0 Å². The van der Waals surface area contributed by atoms with Crippen molar-refractivity contribution in [2.45, 2.75) is 12.7 Å². The van der Waals surface area contributed by atoms with Gasteiger partial charge in [0.25, 0.3) is 0 Å². The molecule has 1 fully saturated rings. The van der Waals surface area contributed by atoms with Crippen molar-refractivity contribution < 1.29 is 4.39 Å². The fourth-order valence-corrected chi connectivity index (χ4v) is 2.82. The molecule has 0 aromatic heterocycles. The molecule has 0 amide bonds. The lowest BCUT2D eigenvalue weighted by Gasteiger charge is -2.26. The molecule has 15 heavy (non-hydrogen) atoms. The summed E-state index contributed by atoms with van der Waals surface area (Å²) in [6, 6.07) is 5.04. The molecule has 1 aliphatic heterocycles. The van der Waals surface area contributed by atoms with Gasteiger partial charge in [0, 0.05) is 5.75 Å². The fraction of sp³-hybridized carbons (Fsp3) is 0.500. The number of halogens is 1. The van der Waals surface area contributed by atoms with E-state index in [1.807, 2.05) is 24.8 Å². The van der Waals surface area contributed by atoms with Crippen LogP contribution >= 0.6 is 11.8 Å². The number of hydrogen-bond donors (Lipinski definition) is 1. The van der Waals surface area contributed by atoms with Crippen LogP contribution in [0.1, 0.15) is 11.1 Å². The number of thioether (sulfide) groups is 1. The van der Waals surface area contributed by atoms with Crippen LogP contribution in [0.25, 0.3) is 0 Å². The molecule has 1 nitrogen and oxygen atoms in total. The molecule has 0 spiro atoms. The lowest BCUT2D eigenvalue weighted by atomic mass is 10.1. The number of hydrogen-bond acceptors (Lipinski definition) is 2.